The Morgan fingerprint density at radius 3 is 2.82 bits per heavy atom. The monoisotopic (exact) mass is 301 g/mol. The Bertz CT molecular complexity index is 333. The average molecular weight is 302 g/mol. The standard InChI is InChI=1S/C13H20BrNO2/c1-2-17-7-6-13(16)12(9-15)10-4-3-5-11(14)8-10/h3-5,8,12-13,16H,2,6-7,9,15H2,1H3. The van der Waals surface area contributed by atoms with Crippen LogP contribution in [0.5, 0.6) is 0 Å². The van der Waals surface area contributed by atoms with Crippen molar-refractivity contribution in [3.63, 3.8) is 0 Å². The van der Waals surface area contributed by atoms with Gasteiger partial charge >= 0.3 is 0 Å². The fourth-order valence-electron chi connectivity index (χ4n) is 1.80. The molecule has 3 nitrogen and oxygen atoms in total. The second-order valence-corrected chi connectivity index (χ2v) is 4.87. The normalized spacial score (nSPS) is 14.6. The third-order valence-electron chi connectivity index (χ3n) is 2.76. The maximum atomic E-state index is 10.1. The zero-order valence-corrected chi connectivity index (χ0v) is 11.7. The number of ether oxygens (including phenoxy) is 1. The molecule has 0 aliphatic carbocycles. The number of hydrogen-bond donors (Lipinski definition) is 2. The molecule has 3 N–H and O–H groups in total. The van der Waals surface area contributed by atoms with Gasteiger partial charge in [-0.1, -0.05) is 28.1 Å². The number of halogens is 1. The topological polar surface area (TPSA) is 55.5 Å². The highest BCUT2D eigenvalue weighted by Gasteiger charge is 2.19. The lowest BCUT2D eigenvalue weighted by molar-refractivity contribution is 0.0752. The molecule has 1 aromatic rings. The summed E-state index contributed by atoms with van der Waals surface area (Å²) >= 11 is 3.43. The number of rotatable bonds is 7. The van der Waals surface area contributed by atoms with Gasteiger partial charge in [0.05, 0.1) is 6.10 Å². The lowest BCUT2D eigenvalue weighted by atomic mass is 9.92. The first-order chi connectivity index (χ1) is 8.19. The molecule has 0 aliphatic heterocycles. The van der Waals surface area contributed by atoms with Gasteiger partial charge in [-0.25, -0.2) is 0 Å². The van der Waals surface area contributed by atoms with Crippen LogP contribution in [-0.4, -0.2) is 31.0 Å². The second-order valence-electron chi connectivity index (χ2n) is 3.95. The largest absolute Gasteiger partial charge is 0.392 e. The minimum Gasteiger partial charge on any atom is -0.392 e. The van der Waals surface area contributed by atoms with E-state index in [0.717, 1.165) is 10.0 Å². The quantitative estimate of drug-likeness (QED) is 0.760. The van der Waals surface area contributed by atoms with Crippen LogP contribution in [0.1, 0.15) is 24.8 Å². The smallest absolute Gasteiger partial charge is 0.0642 e. The van der Waals surface area contributed by atoms with E-state index in [2.05, 4.69) is 15.9 Å². The molecule has 0 radical (unpaired) electrons. The van der Waals surface area contributed by atoms with E-state index in [1.54, 1.807) is 0 Å². The summed E-state index contributed by atoms with van der Waals surface area (Å²) in [7, 11) is 0. The van der Waals surface area contributed by atoms with Crippen LogP contribution in [0.2, 0.25) is 0 Å². The van der Waals surface area contributed by atoms with Gasteiger partial charge in [-0.3, -0.25) is 0 Å². The van der Waals surface area contributed by atoms with Crippen molar-refractivity contribution in [2.24, 2.45) is 5.73 Å². The van der Waals surface area contributed by atoms with E-state index in [1.807, 2.05) is 31.2 Å². The Kier molecular flexibility index (Phi) is 6.73. The molecule has 0 saturated carbocycles. The van der Waals surface area contributed by atoms with Gasteiger partial charge in [0.2, 0.25) is 0 Å². The van der Waals surface area contributed by atoms with E-state index >= 15 is 0 Å². The van der Waals surface area contributed by atoms with Gasteiger partial charge in [0.1, 0.15) is 0 Å². The third kappa shape index (κ3) is 4.76. The number of aliphatic hydroxyl groups is 1. The summed E-state index contributed by atoms with van der Waals surface area (Å²) in [6.07, 6.45) is 0.156. The summed E-state index contributed by atoms with van der Waals surface area (Å²) < 4.78 is 6.25. The number of aliphatic hydroxyl groups excluding tert-OH is 1. The maximum absolute atomic E-state index is 10.1. The van der Waals surface area contributed by atoms with Crippen molar-refractivity contribution in [2.75, 3.05) is 19.8 Å². The van der Waals surface area contributed by atoms with Crippen molar-refractivity contribution in [2.45, 2.75) is 25.4 Å². The summed E-state index contributed by atoms with van der Waals surface area (Å²) in [6, 6.07) is 7.91. The van der Waals surface area contributed by atoms with Crippen molar-refractivity contribution >= 4 is 15.9 Å². The van der Waals surface area contributed by atoms with Crippen LogP contribution in [-0.2, 0) is 4.74 Å². The first-order valence-corrected chi connectivity index (χ1v) is 6.69. The van der Waals surface area contributed by atoms with Crippen molar-refractivity contribution < 1.29 is 9.84 Å². The Balaban J connectivity index is 2.63. The van der Waals surface area contributed by atoms with Gasteiger partial charge in [-0.15, -0.1) is 0 Å². The van der Waals surface area contributed by atoms with Gasteiger partial charge in [-0.2, -0.15) is 0 Å². The lowest BCUT2D eigenvalue weighted by Gasteiger charge is -2.22. The van der Waals surface area contributed by atoms with Gasteiger partial charge in [0.15, 0.2) is 0 Å². The molecule has 4 heteroatoms. The molecule has 0 saturated heterocycles. The third-order valence-corrected chi connectivity index (χ3v) is 3.25. The first-order valence-electron chi connectivity index (χ1n) is 5.90. The van der Waals surface area contributed by atoms with E-state index in [0.29, 0.717) is 26.2 Å². The number of nitrogens with two attached hydrogens (primary N) is 1. The van der Waals surface area contributed by atoms with E-state index < -0.39 is 6.10 Å². The maximum Gasteiger partial charge on any atom is 0.0642 e. The number of hydrogen-bond acceptors (Lipinski definition) is 3. The molecule has 2 unspecified atom stereocenters. The highest BCUT2D eigenvalue weighted by atomic mass is 79.9. The highest BCUT2D eigenvalue weighted by molar-refractivity contribution is 9.10. The highest BCUT2D eigenvalue weighted by Crippen LogP contribution is 2.23. The fraction of sp³-hybridized carbons (Fsp3) is 0.538. The molecule has 96 valence electrons. The van der Waals surface area contributed by atoms with E-state index in [4.69, 9.17) is 10.5 Å². The Hall–Kier alpha value is -0.420. The molecule has 0 bridgehead atoms. The molecule has 0 fully saturated rings. The van der Waals surface area contributed by atoms with Crippen LogP contribution in [0.4, 0.5) is 0 Å². The minimum absolute atomic E-state index is 0.0343. The van der Waals surface area contributed by atoms with Gasteiger partial charge in [0, 0.05) is 30.1 Å². The molecule has 0 heterocycles. The predicted octanol–water partition coefficient (Wildman–Crippen LogP) is 2.28. The molecule has 1 aromatic carbocycles. The molecule has 0 spiro atoms. The predicted molar refractivity (Wildman–Crippen MR) is 73.1 cm³/mol. The SMILES string of the molecule is CCOCCC(O)C(CN)c1cccc(Br)c1. The Morgan fingerprint density at radius 1 is 1.47 bits per heavy atom. The molecule has 0 aromatic heterocycles. The van der Waals surface area contributed by atoms with Crippen LogP contribution < -0.4 is 5.73 Å². The molecule has 2 atom stereocenters. The van der Waals surface area contributed by atoms with Crippen LogP contribution in [0, 0.1) is 0 Å². The van der Waals surface area contributed by atoms with E-state index in [9.17, 15) is 5.11 Å². The van der Waals surface area contributed by atoms with Crippen LogP contribution >= 0.6 is 15.9 Å². The van der Waals surface area contributed by atoms with Gasteiger partial charge in [0.25, 0.3) is 0 Å². The lowest BCUT2D eigenvalue weighted by Crippen LogP contribution is -2.27. The zero-order chi connectivity index (χ0) is 12.7. The molecule has 0 amide bonds. The van der Waals surface area contributed by atoms with Crippen molar-refractivity contribution in [3.8, 4) is 0 Å². The molecular weight excluding hydrogens is 282 g/mol. The molecule has 17 heavy (non-hydrogen) atoms. The summed E-state index contributed by atoms with van der Waals surface area (Å²) in [5, 5.41) is 10.1. The average Bonchev–Trinajstić information content (AvgIpc) is 2.30. The zero-order valence-electron chi connectivity index (χ0n) is 10.1. The van der Waals surface area contributed by atoms with Crippen LogP contribution in [0.25, 0.3) is 0 Å². The summed E-state index contributed by atoms with van der Waals surface area (Å²) in [6.45, 7) is 3.63. The van der Waals surface area contributed by atoms with Crippen molar-refractivity contribution in [1.82, 2.24) is 0 Å². The van der Waals surface area contributed by atoms with E-state index in [-0.39, 0.29) is 5.92 Å². The van der Waals surface area contributed by atoms with Crippen LogP contribution in [0.15, 0.2) is 28.7 Å². The summed E-state index contributed by atoms with van der Waals surface area (Å²) in [5.74, 6) is -0.0343. The Labute approximate surface area is 111 Å². The molecule has 1 rings (SSSR count). The summed E-state index contributed by atoms with van der Waals surface area (Å²) in [5.41, 5.74) is 6.80. The van der Waals surface area contributed by atoms with Crippen molar-refractivity contribution in [3.05, 3.63) is 34.3 Å². The molecule has 0 aliphatic rings. The van der Waals surface area contributed by atoms with E-state index in [1.165, 1.54) is 0 Å². The fourth-order valence-corrected chi connectivity index (χ4v) is 2.22. The Morgan fingerprint density at radius 2 is 2.24 bits per heavy atom. The van der Waals surface area contributed by atoms with Gasteiger partial charge in [-0.05, 0) is 31.0 Å². The van der Waals surface area contributed by atoms with Gasteiger partial charge < -0.3 is 15.6 Å². The summed E-state index contributed by atoms with van der Waals surface area (Å²) in [4.78, 5) is 0. The van der Waals surface area contributed by atoms with Crippen molar-refractivity contribution in [1.29, 1.82) is 0 Å². The first kappa shape index (κ1) is 14.6. The minimum atomic E-state index is -0.458. The van der Waals surface area contributed by atoms with Crippen LogP contribution in [0.3, 0.4) is 0 Å². The number of benzene rings is 1. The molecular formula is C13H20BrNO2. The second kappa shape index (κ2) is 7.82.